The summed E-state index contributed by atoms with van der Waals surface area (Å²) in [5.74, 6) is -2.75. The number of carbonyl (C=O) groups excluding carboxylic acids is 4. The molecular weight excluding hydrogens is 793 g/mol. The first-order valence-corrected chi connectivity index (χ1v) is 21.2. The minimum Gasteiger partial charge on any atom is -0.465 e. The highest BCUT2D eigenvalue weighted by Gasteiger charge is 2.57. The van der Waals surface area contributed by atoms with Crippen LogP contribution in [0.2, 0.25) is 0 Å². The van der Waals surface area contributed by atoms with Crippen LogP contribution in [0.5, 0.6) is 0 Å². The fourth-order valence-corrected chi connectivity index (χ4v) is 9.59. The highest BCUT2D eigenvalue weighted by atomic mass is 16.6. The summed E-state index contributed by atoms with van der Waals surface area (Å²) in [5, 5.41) is 0. The van der Waals surface area contributed by atoms with Gasteiger partial charge >= 0.3 is 23.9 Å². The molecule has 4 aromatic carbocycles. The largest absolute Gasteiger partial charge is 0.465 e. The molecule has 0 amide bonds. The van der Waals surface area contributed by atoms with Crippen LogP contribution < -0.4 is 0 Å². The standard InChI is InChI=1S/C50H58O12/c1-9-59-45(51)49(46(52)60-10-2)23-33-35(25-49)43(39(29-57-7)37(27-55-5)41(33)31-19-15-13-16-20-31)44-36-26-50(47(53)61-11-3,48(54)62-12-4)24-34(36)42(32-21-17-14-18-22-32)38(28-56-6)40(44)30-58-8/h13-22H,9-12,23-30H2,1-8H3. The van der Waals surface area contributed by atoms with E-state index in [0.717, 1.165) is 55.6 Å². The van der Waals surface area contributed by atoms with Crippen LogP contribution in [-0.2, 0) is 109 Å². The van der Waals surface area contributed by atoms with E-state index in [4.69, 9.17) is 37.9 Å². The van der Waals surface area contributed by atoms with Gasteiger partial charge in [0, 0.05) is 54.1 Å². The number of ether oxygens (including phenoxy) is 8. The summed E-state index contributed by atoms with van der Waals surface area (Å²) in [5.41, 5.74) is 7.19. The number of hydrogen-bond acceptors (Lipinski definition) is 12. The van der Waals surface area contributed by atoms with Crippen LogP contribution in [0, 0.1) is 10.8 Å². The molecule has 0 saturated heterocycles. The third-order valence-electron chi connectivity index (χ3n) is 12.0. The van der Waals surface area contributed by atoms with E-state index in [1.165, 1.54) is 0 Å². The first kappa shape index (κ1) is 46.1. The number of methoxy groups -OCH3 is 4. The van der Waals surface area contributed by atoms with Crippen LogP contribution in [0.4, 0.5) is 0 Å². The van der Waals surface area contributed by atoms with Gasteiger partial charge in [-0.05, 0) is 106 Å². The highest BCUT2D eigenvalue weighted by Crippen LogP contribution is 2.56. The molecule has 4 aromatic rings. The summed E-state index contributed by atoms with van der Waals surface area (Å²) in [4.78, 5) is 57.7. The third kappa shape index (κ3) is 8.17. The summed E-state index contributed by atoms with van der Waals surface area (Å²) in [6.07, 6.45) is -0.181. The molecule has 0 atom stereocenters. The van der Waals surface area contributed by atoms with Crippen molar-refractivity contribution in [2.24, 2.45) is 10.8 Å². The van der Waals surface area contributed by atoms with E-state index < -0.39 is 34.7 Å². The molecule has 12 nitrogen and oxygen atoms in total. The summed E-state index contributed by atoms with van der Waals surface area (Å²) in [6.45, 7) is 7.49. The van der Waals surface area contributed by atoms with Crippen molar-refractivity contribution in [3.8, 4) is 33.4 Å². The van der Waals surface area contributed by atoms with Crippen molar-refractivity contribution in [2.45, 2.75) is 79.8 Å². The van der Waals surface area contributed by atoms with E-state index in [9.17, 15) is 19.2 Å². The maximum absolute atomic E-state index is 14.4. The minimum absolute atomic E-state index is 0.0222. The average Bonchev–Trinajstić information content (AvgIpc) is 3.88. The maximum Gasteiger partial charge on any atom is 0.324 e. The molecule has 0 saturated carbocycles. The quantitative estimate of drug-likeness (QED) is 0.0519. The van der Waals surface area contributed by atoms with Crippen molar-refractivity contribution in [1.29, 1.82) is 0 Å². The monoisotopic (exact) mass is 850 g/mol. The molecule has 0 aromatic heterocycles. The molecule has 0 N–H and O–H groups in total. The zero-order valence-electron chi connectivity index (χ0n) is 37.2. The van der Waals surface area contributed by atoms with Gasteiger partial charge in [-0.15, -0.1) is 0 Å². The van der Waals surface area contributed by atoms with Crippen LogP contribution in [0.1, 0.15) is 72.2 Å². The Morgan fingerprint density at radius 2 is 0.645 bits per heavy atom. The molecule has 6 rings (SSSR count). The number of benzene rings is 4. The fourth-order valence-electron chi connectivity index (χ4n) is 9.59. The molecule has 0 heterocycles. The summed E-state index contributed by atoms with van der Waals surface area (Å²) < 4.78 is 47.1. The van der Waals surface area contributed by atoms with Crippen LogP contribution in [0.15, 0.2) is 60.7 Å². The van der Waals surface area contributed by atoms with Crippen molar-refractivity contribution in [3.05, 3.63) is 105 Å². The van der Waals surface area contributed by atoms with Gasteiger partial charge < -0.3 is 37.9 Å². The number of fused-ring (bicyclic) bond motifs is 2. The predicted octanol–water partition coefficient (Wildman–Crippen LogP) is 7.70. The zero-order valence-corrected chi connectivity index (χ0v) is 37.2. The summed E-state index contributed by atoms with van der Waals surface area (Å²) >= 11 is 0. The lowest BCUT2D eigenvalue weighted by Gasteiger charge is -2.29. The Bertz CT molecular complexity index is 2080. The third-order valence-corrected chi connectivity index (χ3v) is 12.0. The first-order valence-electron chi connectivity index (χ1n) is 21.2. The van der Waals surface area contributed by atoms with Gasteiger partial charge in [0.2, 0.25) is 0 Å². The molecule has 2 aliphatic carbocycles. The first-order chi connectivity index (χ1) is 30.1. The van der Waals surface area contributed by atoms with Crippen molar-refractivity contribution in [3.63, 3.8) is 0 Å². The van der Waals surface area contributed by atoms with Gasteiger partial charge in [0.05, 0.1) is 52.9 Å². The van der Waals surface area contributed by atoms with Gasteiger partial charge in [-0.25, -0.2) is 0 Å². The van der Waals surface area contributed by atoms with Gasteiger partial charge in [0.15, 0.2) is 10.8 Å². The zero-order chi connectivity index (χ0) is 44.6. The van der Waals surface area contributed by atoms with E-state index in [2.05, 4.69) is 0 Å². The highest BCUT2D eigenvalue weighted by molar-refractivity contribution is 6.05. The topological polar surface area (TPSA) is 142 Å². The number of rotatable bonds is 19. The Morgan fingerprint density at radius 3 is 0.887 bits per heavy atom. The van der Waals surface area contributed by atoms with Crippen LogP contribution >= 0.6 is 0 Å². The Hall–Kier alpha value is -5.40. The van der Waals surface area contributed by atoms with E-state index in [1.54, 1.807) is 56.1 Å². The second-order valence-corrected chi connectivity index (χ2v) is 15.5. The lowest BCUT2D eigenvalue weighted by atomic mass is 9.76. The summed E-state index contributed by atoms with van der Waals surface area (Å²) in [7, 11) is 6.46. The molecule has 0 radical (unpaired) electrons. The van der Waals surface area contributed by atoms with Gasteiger partial charge in [-0.3, -0.25) is 19.2 Å². The van der Waals surface area contributed by atoms with Gasteiger partial charge in [-0.2, -0.15) is 0 Å². The Kier molecular flexibility index (Phi) is 15.0. The smallest absolute Gasteiger partial charge is 0.324 e. The molecule has 330 valence electrons. The Balaban J connectivity index is 1.89. The van der Waals surface area contributed by atoms with Crippen LogP contribution in [-0.4, -0.2) is 78.7 Å². The predicted molar refractivity (Wildman–Crippen MR) is 232 cm³/mol. The van der Waals surface area contributed by atoms with Gasteiger partial charge in [0.25, 0.3) is 0 Å². The molecular formula is C50H58O12. The normalized spacial score (nSPS) is 14.5. The average molecular weight is 851 g/mol. The molecule has 12 heteroatoms. The van der Waals surface area contributed by atoms with Crippen molar-refractivity contribution < 1.29 is 57.1 Å². The second kappa shape index (κ2) is 20.2. The van der Waals surface area contributed by atoms with E-state index in [1.807, 2.05) is 60.7 Å². The molecule has 2 aliphatic rings. The minimum atomic E-state index is -1.74. The number of carbonyl (C=O) groups is 4. The Labute approximate surface area is 364 Å². The van der Waals surface area contributed by atoms with E-state index in [0.29, 0.717) is 22.3 Å². The molecule has 62 heavy (non-hydrogen) atoms. The van der Waals surface area contributed by atoms with Crippen molar-refractivity contribution in [1.82, 2.24) is 0 Å². The van der Waals surface area contributed by atoms with Crippen LogP contribution in [0.25, 0.3) is 33.4 Å². The van der Waals surface area contributed by atoms with E-state index in [-0.39, 0.29) is 78.5 Å². The second-order valence-electron chi connectivity index (χ2n) is 15.5. The molecule has 0 fully saturated rings. The van der Waals surface area contributed by atoms with Crippen molar-refractivity contribution in [2.75, 3.05) is 54.9 Å². The maximum atomic E-state index is 14.4. The molecule has 0 aliphatic heterocycles. The van der Waals surface area contributed by atoms with Gasteiger partial charge in [-0.1, -0.05) is 60.7 Å². The molecule has 0 spiro atoms. The van der Waals surface area contributed by atoms with E-state index >= 15 is 0 Å². The molecule has 0 bridgehead atoms. The fraction of sp³-hybridized carbons (Fsp3) is 0.440. The lowest BCUT2D eigenvalue weighted by Crippen LogP contribution is -2.43. The molecule has 0 unspecified atom stereocenters. The van der Waals surface area contributed by atoms with Crippen molar-refractivity contribution >= 4 is 23.9 Å². The van der Waals surface area contributed by atoms with Gasteiger partial charge in [0.1, 0.15) is 0 Å². The summed E-state index contributed by atoms with van der Waals surface area (Å²) in [6, 6.07) is 19.6. The SMILES string of the molecule is CCOC(=O)C1(C(=O)OCC)Cc2c(c(-c3c(COC)c(COC)c(-c4ccccc4)c4c3CC(C(=O)OCC)(C(=O)OCC)C4)c(COC)c(COC)c2-c2ccccc2)C1. The lowest BCUT2D eigenvalue weighted by molar-refractivity contribution is -0.173. The Morgan fingerprint density at radius 1 is 0.403 bits per heavy atom. The number of hydrogen-bond donors (Lipinski definition) is 0. The number of esters is 4. The van der Waals surface area contributed by atoms with Crippen LogP contribution in [0.3, 0.4) is 0 Å².